The SMILES string of the molecule is Oc1ccc2ccccc2c1/C=N\Nc1cccc2cccnc12. The fraction of sp³-hybridized carbons (Fsp3) is 0. The molecule has 0 saturated carbocycles. The Morgan fingerprint density at radius 1 is 0.875 bits per heavy atom. The van der Waals surface area contributed by atoms with Crippen LogP contribution in [0.3, 0.4) is 0 Å². The van der Waals surface area contributed by atoms with Crippen LogP contribution in [0.2, 0.25) is 0 Å². The molecule has 0 aliphatic carbocycles. The molecular weight excluding hydrogens is 298 g/mol. The third-order valence-electron chi connectivity index (χ3n) is 3.96. The van der Waals surface area contributed by atoms with E-state index in [0.717, 1.165) is 27.4 Å². The van der Waals surface area contributed by atoms with E-state index >= 15 is 0 Å². The Labute approximate surface area is 139 Å². The van der Waals surface area contributed by atoms with Crippen molar-refractivity contribution >= 4 is 33.6 Å². The third kappa shape index (κ3) is 2.54. The van der Waals surface area contributed by atoms with E-state index in [0.29, 0.717) is 5.56 Å². The molecule has 0 fully saturated rings. The van der Waals surface area contributed by atoms with Crippen LogP contribution < -0.4 is 5.43 Å². The van der Waals surface area contributed by atoms with Crippen LogP contribution in [-0.2, 0) is 0 Å². The Balaban J connectivity index is 1.70. The van der Waals surface area contributed by atoms with Gasteiger partial charge in [-0.3, -0.25) is 10.4 Å². The van der Waals surface area contributed by atoms with E-state index in [1.165, 1.54) is 0 Å². The molecule has 0 atom stereocenters. The highest BCUT2D eigenvalue weighted by Crippen LogP contribution is 2.26. The molecule has 0 bridgehead atoms. The molecule has 116 valence electrons. The molecule has 2 N–H and O–H groups in total. The van der Waals surface area contributed by atoms with Gasteiger partial charge < -0.3 is 5.11 Å². The number of phenolic OH excluding ortho intramolecular Hbond substituents is 1. The number of aromatic nitrogens is 1. The number of anilines is 1. The van der Waals surface area contributed by atoms with Crippen molar-refractivity contribution in [3.8, 4) is 5.75 Å². The van der Waals surface area contributed by atoms with Gasteiger partial charge in [-0.05, 0) is 29.0 Å². The number of hydrazone groups is 1. The first-order valence-corrected chi connectivity index (χ1v) is 7.66. The Morgan fingerprint density at radius 3 is 2.67 bits per heavy atom. The summed E-state index contributed by atoms with van der Waals surface area (Å²) in [6.45, 7) is 0. The lowest BCUT2D eigenvalue weighted by atomic mass is 10.0. The fourth-order valence-corrected chi connectivity index (χ4v) is 2.78. The highest BCUT2D eigenvalue weighted by molar-refractivity contribution is 6.02. The van der Waals surface area contributed by atoms with Gasteiger partial charge in [-0.15, -0.1) is 0 Å². The maximum atomic E-state index is 10.1. The predicted octanol–water partition coefficient (Wildman–Crippen LogP) is 4.54. The fourth-order valence-electron chi connectivity index (χ4n) is 2.78. The summed E-state index contributed by atoms with van der Waals surface area (Å²) >= 11 is 0. The topological polar surface area (TPSA) is 57.5 Å². The Bertz CT molecular complexity index is 1050. The Hall–Kier alpha value is -3.40. The molecule has 0 unspecified atom stereocenters. The van der Waals surface area contributed by atoms with Gasteiger partial charge in [0.2, 0.25) is 0 Å². The molecule has 4 aromatic rings. The van der Waals surface area contributed by atoms with E-state index in [1.807, 2.05) is 60.7 Å². The average molecular weight is 313 g/mol. The minimum atomic E-state index is 0.204. The van der Waals surface area contributed by atoms with Crippen molar-refractivity contribution in [2.45, 2.75) is 0 Å². The van der Waals surface area contributed by atoms with E-state index in [2.05, 4.69) is 15.5 Å². The van der Waals surface area contributed by atoms with Crippen molar-refractivity contribution in [2.24, 2.45) is 5.10 Å². The van der Waals surface area contributed by atoms with Crippen molar-refractivity contribution in [3.05, 3.63) is 78.5 Å². The summed E-state index contributed by atoms with van der Waals surface area (Å²) < 4.78 is 0. The van der Waals surface area contributed by atoms with Crippen LogP contribution in [0.1, 0.15) is 5.56 Å². The Kier molecular flexibility index (Phi) is 3.56. The molecule has 0 spiro atoms. The molecule has 4 nitrogen and oxygen atoms in total. The van der Waals surface area contributed by atoms with Crippen molar-refractivity contribution in [1.82, 2.24) is 4.98 Å². The van der Waals surface area contributed by atoms with Crippen LogP contribution in [0, 0.1) is 0 Å². The van der Waals surface area contributed by atoms with Gasteiger partial charge in [0.25, 0.3) is 0 Å². The number of hydrogen-bond acceptors (Lipinski definition) is 4. The lowest BCUT2D eigenvalue weighted by Crippen LogP contribution is -1.94. The largest absolute Gasteiger partial charge is 0.507 e. The maximum Gasteiger partial charge on any atom is 0.125 e. The molecule has 4 heteroatoms. The van der Waals surface area contributed by atoms with Gasteiger partial charge >= 0.3 is 0 Å². The van der Waals surface area contributed by atoms with Crippen LogP contribution >= 0.6 is 0 Å². The number of phenols is 1. The van der Waals surface area contributed by atoms with Gasteiger partial charge in [0.15, 0.2) is 0 Å². The molecule has 0 saturated heterocycles. The summed E-state index contributed by atoms with van der Waals surface area (Å²) in [5, 5.41) is 17.5. The van der Waals surface area contributed by atoms with Crippen molar-refractivity contribution < 1.29 is 5.11 Å². The zero-order valence-corrected chi connectivity index (χ0v) is 12.8. The van der Waals surface area contributed by atoms with Crippen molar-refractivity contribution in [2.75, 3.05) is 5.43 Å². The lowest BCUT2D eigenvalue weighted by Gasteiger charge is -2.06. The van der Waals surface area contributed by atoms with Gasteiger partial charge in [-0.1, -0.05) is 48.5 Å². The van der Waals surface area contributed by atoms with Crippen LogP contribution in [0.5, 0.6) is 5.75 Å². The van der Waals surface area contributed by atoms with Crippen molar-refractivity contribution in [3.63, 3.8) is 0 Å². The number of fused-ring (bicyclic) bond motifs is 2. The van der Waals surface area contributed by atoms with Crippen LogP contribution in [0.4, 0.5) is 5.69 Å². The standard InChI is InChI=1S/C20H15N3O/c24-19-11-10-14-5-1-2-8-16(14)17(19)13-22-23-18-9-3-6-15-7-4-12-21-20(15)18/h1-13,23-24H/b22-13-. The number of para-hydroxylation sites is 1. The normalized spacial score (nSPS) is 11.3. The van der Waals surface area contributed by atoms with E-state index in [4.69, 9.17) is 0 Å². The number of nitrogens with zero attached hydrogens (tertiary/aromatic N) is 2. The molecule has 0 aliphatic rings. The number of pyridine rings is 1. The number of benzene rings is 3. The highest BCUT2D eigenvalue weighted by Gasteiger charge is 2.04. The predicted molar refractivity (Wildman–Crippen MR) is 98.6 cm³/mol. The van der Waals surface area contributed by atoms with E-state index in [9.17, 15) is 5.11 Å². The summed E-state index contributed by atoms with van der Waals surface area (Å²) in [4.78, 5) is 4.39. The second-order valence-corrected chi connectivity index (χ2v) is 5.47. The summed E-state index contributed by atoms with van der Waals surface area (Å²) in [5.74, 6) is 0.204. The van der Waals surface area contributed by atoms with Gasteiger partial charge in [0, 0.05) is 17.1 Å². The van der Waals surface area contributed by atoms with E-state index in [-0.39, 0.29) is 5.75 Å². The second kappa shape index (κ2) is 6.01. The first-order chi connectivity index (χ1) is 11.8. The van der Waals surface area contributed by atoms with E-state index in [1.54, 1.807) is 18.5 Å². The maximum absolute atomic E-state index is 10.1. The molecule has 0 aliphatic heterocycles. The zero-order chi connectivity index (χ0) is 16.4. The van der Waals surface area contributed by atoms with Gasteiger partial charge in [0.1, 0.15) is 5.75 Å². The first-order valence-electron chi connectivity index (χ1n) is 7.66. The summed E-state index contributed by atoms with van der Waals surface area (Å²) in [6, 6.07) is 21.3. The number of nitrogens with one attached hydrogen (secondary N) is 1. The zero-order valence-electron chi connectivity index (χ0n) is 12.8. The van der Waals surface area contributed by atoms with Gasteiger partial charge in [0.05, 0.1) is 17.4 Å². The van der Waals surface area contributed by atoms with Gasteiger partial charge in [-0.2, -0.15) is 5.10 Å². The van der Waals surface area contributed by atoms with Crippen LogP contribution in [0.25, 0.3) is 21.7 Å². The smallest absolute Gasteiger partial charge is 0.125 e. The minimum Gasteiger partial charge on any atom is -0.507 e. The molecule has 0 amide bonds. The quantitative estimate of drug-likeness (QED) is 0.431. The van der Waals surface area contributed by atoms with Gasteiger partial charge in [-0.25, -0.2) is 0 Å². The number of aromatic hydroxyl groups is 1. The Morgan fingerprint density at radius 2 is 1.71 bits per heavy atom. The second-order valence-electron chi connectivity index (χ2n) is 5.47. The molecule has 1 heterocycles. The van der Waals surface area contributed by atoms with Crippen LogP contribution in [-0.4, -0.2) is 16.3 Å². The lowest BCUT2D eigenvalue weighted by molar-refractivity contribution is 0.475. The molecule has 24 heavy (non-hydrogen) atoms. The minimum absolute atomic E-state index is 0.204. The highest BCUT2D eigenvalue weighted by atomic mass is 16.3. The number of hydrogen-bond donors (Lipinski definition) is 2. The molecule has 1 aromatic heterocycles. The third-order valence-corrected chi connectivity index (χ3v) is 3.96. The molecule has 4 rings (SSSR count). The average Bonchev–Trinajstić information content (AvgIpc) is 2.64. The van der Waals surface area contributed by atoms with Crippen LogP contribution in [0.15, 0.2) is 78.0 Å². The van der Waals surface area contributed by atoms with Crippen molar-refractivity contribution in [1.29, 1.82) is 0 Å². The monoisotopic (exact) mass is 313 g/mol. The molecule has 0 radical (unpaired) electrons. The summed E-state index contributed by atoms with van der Waals surface area (Å²) in [5.41, 5.74) is 5.40. The molecule has 3 aromatic carbocycles. The number of rotatable bonds is 3. The van der Waals surface area contributed by atoms with E-state index < -0.39 is 0 Å². The summed E-state index contributed by atoms with van der Waals surface area (Å²) in [6.07, 6.45) is 3.40. The first kappa shape index (κ1) is 14.2. The molecular formula is C20H15N3O. The summed E-state index contributed by atoms with van der Waals surface area (Å²) in [7, 11) is 0.